The van der Waals surface area contributed by atoms with Crippen molar-refractivity contribution in [2.75, 3.05) is 13.2 Å². The van der Waals surface area contributed by atoms with Gasteiger partial charge in [-0.25, -0.2) is 13.1 Å². The molecule has 0 radical (unpaired) electrons. The number of benzene rings is 1. The van der Waals surface area contributed by atoms with Gasteiger partial charge in [0.2, 0.25) is 10.0 Å². The van der Waals surface area contributed by atoms with Gasteiger partial charge in [0.05, 0.1) is 18.1 Å². The number of hydrogen-bond acceptors (Lipinski definition) is 4. The molecule has 0 aliphatic heterocycles. The van der Waals surface area contributed by atoms with Gasteiger partial charge in [-0.15, -0.1) is 0 Å². The number of sulfonamides is 1. The quantitative estimate of drug-likeness (QED) is 0.801. The van der Waals surface area contributed by atoms with Gasteiger partial charge in [-0.3, -0.25) is 0 Å². The standard InChI is InChI=1S/C12H18ClNO4S/c1-3-18-8-9(2)14-19(16,17)11-5-4-10(7-15)12(13)6-11/h4-6,9,14-15H,3,7-8H2,1-2H3. The van der Waals surface area contributed by atoms with E-state index in [1.54, 1.807) is 6.92 Å². The molecule has 0 fully saturated rings. The lowest BCUT2D eigenvalue weighted by molar-refractivity contribution is 0.133. The van der Waals surface area contributed by atoms with Crippen molar-refractivity contribution in [3.63, 3.8) is 0 Å². The van der Waals surface area contributed by atoms with Gasteiger partial charge >= 0.3 is 0 Å². The van der Waals surface area contributed by atoms with E-state index in [-0.39, 0.29) is 22.6 Å². The number of aliphatic hydroxyl groups is 1. The largest absolute Gasteiger partial charge is 0.392 e. The fraction of sp³-hybridized carbons (Fsp3) is 0.500. The van der Waals surface area contributed by atoms with Crippen molar-refractivity contribution in [1.29, 1.82) is 0 Å². The predicted octanol–water partition coefficient (Wildman–Crippen LogP) is 1.54. The molecule has 0 saturated carbocycles. The lowest BCUT2D eigenvalue weighted by atomic mass is 10.2. The zero-order chi connectivity index (χ0) is 14.5. The number of aliphatic hydroxyl groups excluding tert-OH is 1. The highest BCUT2D eigenvalue weighted by molar-refractivity contribution is 7.89. The summed E-state index contributed by atoms with van der Waals surface area (Å²) in [6.45, 7) is 4.17. The number of nitrogens with one attached hydrogen (secondary N) is 1. The molecule has 1 rings (SSSR count). The summed E-state index contributed by atoms with van der Waals surface area (Å²) < 4.78 is 31.8. The van der Waals surface area contributed by atoms with Gasteiger partial charge in [-0.05, 0) is 31.5 Å². The molecule has 108 valence electrons. The Balaban J connectivity index is 2.85. The van der Waals surface area contributed by atoms with Gasteiger partial charge in [0.1, 0.15) is 0 Å². The van der Waals surface area contributed by atoms with Gasteiger partial charge in [0, 0.05) is 17.7 Å². The van der Waals surface area contributed by atoms with Crippen LogP contribution in [0.15, 0.2) is 23.1 Å². The van der Waals surface area contributed by atoms with Crippen LogP contribution in [0.5, 0.6) is 0 Å². The topological polar surface area (TPSA) is 75.6 Å². The summed E-state index contributed by atoms with van der Waals surface area (Å²) in [6.07, 6.45) is 0. The van der Waals surface area contributed by atoms with Gasteiger partial charge in [-0.1, -0.05) is 17.7 Å². The summed E-state index contributed by atoms with van der Waals surface area (Å²) in [5, 5.41) is 9.21. The van der Waals surface area contributed by atoms with Crippen LogP contribution in [0.25, 0.3) is 0 Å². The molecule has 7 heteroatoms. The van der Waals surface area contributed by atoms with Crippen molar-refractivity contribution >= 4 is 21.6 Å². The second-order valence-electron chi connectivity index (χ2n) is 4.09. The zero-order valence-electron chi connectivity index (χ0n) is 10.9. The van der Waals surface area contributed by atoms with Crippen LogP contribution in [0.4, 0.5) is 0 Å². The van der Waals surface area contributed by atoms with Crippen molar-refractivity contribution in [2.24, 2.45) is 0 Å². The van der Waals surface area contributed by atoms with Crippen LogP contribution in [0.1, 0.15) is 19.4 Å². The van der Waals surface area contributed by atoms with E-state index < -0.39 is 10.0 Å². The lowest BCUT2D eigenvalue weighted by Crippen LogP contribution is -2.35. The summed E-state index contributed by atoms with van der Waals surface area (Å²) >= 11 is 5.88. The maximum atomic E-state index is 12.1. The third-order valence-corrected chi connectivity index (χ3v) is 4.37. The first-order chi connectivity index (χ1) is 8.90. The number of hydrogen-bond donors (Lipinski definition) is 2. The van der Waals surface area contributed by atoms with E-state index in [1.165, 1.54) is 18.2 Å². The number of ether oxygens (including phenoxy) is 1. The van der Waals surface area contributed by atoms with E-state index in [2.05, 4.69) is 4.72 Å². The summed E-state index contributed by atoms with van der Waals surface area (Å²) in [5.41, 5.74) is 0.489. The molecule has 1 unspecified atom stereocenters. The number of halogens is 1. The van der Waals surface area contributed by atoms with E-state index in [0.29, 0.717) is 18.8 Å². The monoisotopic (exact) mass is 307 g/mol. The molecule has 0 aromatic heterocycles. The Morgan fingerprint density at radius 3 is 2.68 bits per heavy atom. The minimum atomic E-state index is -3.63. The van der Waals surface area contributed by atoms with E-state index in [0.717, 1.165) is 0 Å². The third-order valence-electron chi connectivity index (χ3n) is 2.43. The second kappa shape index (κ2) is 7.21. The molecule has 19 heavy (non-hydrogen) atoms. The highest BCUT2D eigenvalue weighted by Crippen LogP contribution is 2.20. The summed E-state index contributed by atoms with van der Waals surface area (Å²) in [7, 11) is -3.63. The first-order valence-corrected chi connectivity index (χ1v) is 7.76. The van der Waals surface area contributed by atoms with Crippen LogP contribution in [-0.2, 0) is 21.4 Å². The average molecular weight is 308 g/mol. The first kappa shape index (κ1) is 16.4. The van der Waals surface area contributed by atoms with E-state index in [9.17, 15) is 8.42 Å². The zero-order valence-corrected chi connectivity index (χ0v) is 12.5. The van der Waals surface area contributed by atoms with Crippen LogP contribution in [0.3, 0.4) is 0 Å². The Kier molecular flexibility index (Phi) is 6.22. The Morgan fingerprint density at radius 2 is 2.16 bits per heavy atom. The van der Waals surface area contributed by atoms with Crippen molar-refractivity contribution in [3.05, 3.63) is 28.8 Å². The fourth-order valence-corrected chi connectivity index (χ4v) is 3.04. The maximum Gasteiger partial charge on any atom is 0.240 e. The smallest absolute Gasteiger partial charge is 0.240 e. The molecule has 0 saturated heterocycles. The molecule has 0 bridgehead atoms. The lowest BCUT2D eigenvalue weighted by Gasteiger charge is -2.14. The van der Waals surface area contributed by atoms with Crippen LogP contribution in [0, 0.1) is 0 Å². The van der Waals surface area contributed by atoms with Gasteiger partial charge < -0.3 is 9.84 Å². The van der Waals surface area contributed by atoms with Crippen molar-refractivity contribution in [3.8, 4) is 0 Å². The maximum absolute atomic E-state index is 12.1. The van der Waals surface area contributed by atoms with Gasteiger partial charge in [-0.2, -0.15) is 0 Å². The van der Waals surface area contributed by atoms with Crippen LogP contribution < -0.4 is 4.72 Å². The molecule has 0 heterocycles. The van der Waals surface area contributed by atoms with Crippen LogP contribution >= 0.6 is 11.6 Å². The molecule has 1 aromatic carbocycles. The Labute approximate surface area is 118 Å². The van der Waals surface area contributed by atoms with E-state index in [4.69, 9.17) is 21.4 Å². The highest BCUT2D eigenvalue weighted by Gasteiger charge is 2.18. The normalized spacial score (nSPS) is 13.5. The number of rotatable bonds is 7. The van der Waals surface area contributed by atoms with E-state index in [1.807, 2.05) is 6.92 Å². The third kappa shape index (κ3) is 4.74. The molecule has 1 aromatic rings. The minimum Gasteiger partial charge on any atom is -0.392 e. The van der Waals surface area contributed by atoms with Crippen LogP contribution in [-0.4, -0.2) is 32.8 Å². The molecule has 0 aliphatic rings. The van der Waals surface area contributed by atoms with Gasteiger partial charge in [0.25, 0.3) is 0 Å². The molecule has 2 N–H and O–H groups in total. The highest BCUT2D eigenvalue weighted by atomic mass is 35.5. The molecule has 1 atom stereocenters. The molecule has 0 amide bonds. The van der Waals surface area contributed by atoms with Crippen molar-refractivity contribution in [1.82, 2.24) is 4.72 Å². The molecular formula is C12H18ClNO4S. The Bertz CT molecular complexity index is 518. The van der Waals surface area contributed by atoms with Crippen molar-refractivity contribution < 1.29 is 18.3 Å². The Hall–Kier alpha value is -0.660. The SMILES string of the molecule is CCOCC(C)NS(=O)(=O)c1ccc(CO)c(Cl)c1. The van der Waals surface area contributed by atoms with E-state index >= 15 is 0 Å². The molecule has 5 nitrogen and oxygen atoms in total. The summed E-state index contributed by atoms with van der Waals surface area (Å²) in [4.78, 5) is 0.0676. The molecule has 0 aliphatic carbocycles. The Morgan fingerprint density at radius 1 is 1.47 bits per heavy atom. The average Bonchev–Trinajstić information content (AvgIpc) is 2.35. The fourth-order valence-electron chi connectivity index (χ4n) is 1.48. The van der Waals surface area contributed by atoms with Crippen molar-refractivity contribution in [2.45, 2.75) is 31.4 Å². The summed E-state index contributed by atoms with van der Waals surface area (Å²) in [5.74, 6) is 0. The second-order valence-corrected chi connectivity index (χ2v) is 6.21. The summed E-state index contributed by atoms with van der Waals surface area (Å²) in [6, 6.07) is 3.89. The predicted molar refractivity (Wildman–Crippen MR) is 73.7 cm³/mol. The van der Waals surface area contributed by atoms with Crippen LogP contribution in [0.2, 0.25) is 5.02 Å². The first-order valence-electron chi connectivity index (χ1n) is 5.90. The minimum absolute atomic E-state index is 0.0676. The molecule has 0 spiro atoms. The van der Waals surface area contributed by atoms with Gasteiger partial charge in [0.15, 0.2) is 0 Å². The molecular weight excluding hydrogens is 290 g/mol.